The lowest BCUT2D eigenvalue weighted by atomic mass is 10.2. The number of halogens is 1. The minimum atomic E-state index is -3.36. The van der Waals surface area contributed by atoms with Gasteiger partial charge in [-0.25, -0.2) is 8.42 Å². The number of amides is 1. The van der Waals surface area contributed by atoms with Crippen molar-refractivity contribution < 1.29 is 13.2 Å². The van der Waals surface area contributed by atoms with Gasteiger partial charge in [0, 0.05) is 12.2 Å². The fraction of sp³-hybridized carbons (Fsp3) is 0.417. The van der Waals surface area contributed by atoms with E-state index in [0.29, 0.717) is 12.2 Å². The summed E-state index contributed by atoms with van der Waals surface area (Å²) >= 11 is 0. The molecule has 1 aromatic rings. The first-order valence-corrected chi connectivity index (χ1v) is 7.37. The summed E-state index contributed by atoms with van der Waals surface area (Å²) in [6.07, 6.45) is 0. The molecule has 0 saturated heterocycles. The number of carbonyl (C=O) groups is 1. The van der Waals surface area contributed by atoms with E-state index in [4.69, 9.17) is 5.73 Å². The first kappa shape index (κ1) is 17.9. The molecule has 1 rings (SSSR count). The molecule has 0 unspecified atom stereocenters. The standard InChI is InChI=1S/C12H18N2O3S.ClH/c1-9(2)18(16,17)8-12(15)14-11-5-3-10(7-13)4-6-11;/h3-6,9H,7-8,13H2,1-2H3,(H,14,15);1H. The normalized spacial score (nSPS) is 10.9. The van der Waals surface area contributed by atoms with Crippen LogP contribution in [-0.2, 0) is 21.2 Å². The highest BCUT2D eigenvalue weighted by atomic mass is 35.5. The van der Waals surface area contributed by atoms with Crippen molar-refractivity contribution in [3.05, 3.63) is 29.8 Å². The van der Waals surface area contributed by atoms with Gasteiger partial charge in [0.15, 0.2) is 9.84 Å². The third-order valence-electron chi connectivity index (χ3n) is 2.52. The van der Waals surface area contributed by atoms with Gasteiger partial charge in [-0.1, -0.05) is 12.1 Å². The lowest BCUT2D eigenvalue weighted by Crippen LogP contribution is -2.27. The molecule has 3 N–H and O–H groups in total. The Bertz CT molecular complexity index is 512. The highest BCUT2D eigenvalue weighted by Gasteiger charge is 2.20. The smallest absolute Gasteiger partial charge is 0.239 e. The summed E-state index contributed by atoms with van der Waals surface area (Å²) in [4.78, 5) is 11.6. The molecule has 19 heavy (non-hydrogen) atoms. The number of nitrogens with two attached hydrogens (primary N) is 1. The maximum absolute atomic E-state index is 11.6. The summed E-state index contributed by atoms with van der Waals surface area (Å²) in [6, 6.07) is 6.96. The molecule has 7 heteroatoms. The Labute approximate surface area is 119 Å². The number of sulfone groups is 1. The third kappa shape index (κ3) is 5.59. The third-order valence-corrected chi connectivity index (χ3v) is 4.62. The van der Waals surface area contributed by atoms with E-state index in [1.165, 1.54) is 0 Å². The molecule has 0 spiro atoms. The first-order chi connectivity index (χ1) is 8.35. The molecular formula is C12H19ClN2O3S. The average Bonchev–Trinajstić information content (AvgIpc) is 2.29. The lowest BCUT2D eigenvalue weighted by Gasteiger charge is -2.08. The highest BCUT2D eigenvalue weighted by molar-refractivity contribution is 7.92. The monoisotopic (exact) mass is 306 g/mol. The molecule has 0 aliphatic rings. The lowest BCUT2D eigenvalue weighted by molar-refractivity contribution is -0.113. The molecule has 108 valence electrons. The second-order valence-electron chi connectivity index (χ2n) is 4.31. The molecule has 0 aromatic heterocycles. The average molecular weight is 307 g/mol. The van der Waals surface area contributed by atoms with Crippen LogP contribution in [0, 0.1) is 0 Å². The summed E-state index contributed by atoms with van der Waals surface area (Å²) in [5, 5.41) is 1.99. The zero-order valence-electron chi connectivity index (χ0n) is 10.9. The predicted molar refractivity (Wildman–Crippen MR) is 79.1 cm³/mol. The van der Waals surface area contributed by atoms with Crippen molar-refractivity contribution in [3.63, 3.8) is 0 Å². The van der Waals surface area contributed by atoms with Gasteiger partial charge in [-0.15, -0.1) is 12.4 Å². The Balaban J connectivity index is 0.00000324. The number of carbonyl (C=O) groups excluding carboxylic acids is 1. The van der Waals surface area contributed by atoms with Crippen LogP contribution in [0.15, 0.2) is 24.3 Å². The summed E-state index contributed by atoms with van der Waals surface area (Å²) < 4.78 is 23.1. The van der Waals surface area contributed by atoms with Gasteiger partial charge < -0.3 is 11.1 Å². The van der Waals surface area contributed by atoms with Crippen LogP contribution in [-0.4, -0.2) is 25.3 Å². The summed E-state index contributed by atoms with van der Waals surface area (Å²) in [6.45, 7) is 3.53. The number of rotatable bonds is 5. The van der Waals surface area contributed by atoms with E-state index in [2.05, 4.69) is 5.32 Å². The van der Waals surface area contributed by atoms with Crippen molar-refractivity contribution in [3.8, 4) is 0 Å². The molecule has 0 atom stereocenters. The van der Waals surface area contributed by atoms with Gasteiger partial charge in [-0.3, -0.25) is 4.79 Å². The highest BCUT2D eigenvalue weighted by Crippen LogP contribution is 2.10. The van der Waals surface area contributed by atoms with E-state index in [0.717, 1.165) is 5.56 Å². The van der Waals surface area contributed by atoms with Crippen LogP contribution in [0.5, 0.6) is 0 Å². The Morgan fingerprint density at radius 3 is 2.21 bits per heavy atom. The quantitative estimate of drug-likeness (QED) is 0.859. The summed E-state index contributed by atoms with van der Waals surface area (Å²) in [5.74, 6) is -1.02. The molecule has 0 heterocycles. The minimum absolute atomic E-state index is 0. The van der Waals surface area contributed by atoms with Gasteiger partial charge in [0.25, 0.3) is 0 Å². The molecule has 1 amide bonds. The molecule has 1 aromatic carbocycles. The van der Waals surface area contributed by atoms with Crippen LogP contribution < -0.4 is 11.1 Å². The van der Waals surface area contributed by atoms with Crippen molar-refractivity contribution in [2.75, 3.05) is 11.1 Å². The van der Waals surface area contributed by atoms with Gasteiger partial charge in [0.1, 0.15) is 5.75 Å². The minimum Gasteiger partial charge on any atom is -0.326 e. The van der Waals surface area contributed by atoms with Crippen molar-refractivity contribution in [1.29, 1.82) is 0 Å². The van der Waals surface area contributed by atoms with Crippen LogP contribution in [0.1, 0.15) is 19.4 Å². The largest absolute Gasteiger partial charge is 0.326 e. The molecule has 5 nitrogen and oxygen atoms in total. The van der Waals surface area contributed by atoms with Gasteiger partial charge in [-0.05, 0) is 31.5 Å². The van der Waals surface area contributed by atoms with Crippen molar-refractivity contribution in [2.45, 2.75) is 25.6 Å². The second-order valence-corrected chi connectivity index (χ2v) is 6.86. The van der Waals surface area contributed by atoms with Gasteiger partial charge in [0.05, 0.1) is 5.25 Å². The topological polar surface area (TPSA) is 89.3 Å². The van der Waals surface area contributed by atoms with Crippen LogP contribution in [0.4, 0.5) is 5.69 Å². The van der Waals surface area contributed by atoms with Gasteiger partial charge >= 0.3 is 0 Å². The van der Waals surface area contributed by atoms with E-state index in [1.54, 1.807) is 38.1 Å². The molecule has 0 aliphatic heterocycles. The maximum atomic E-state index is 11.6. The Morgan fingerprint density at radius 2 is 1.79 bits per heavy atom. The molecule has 0 bridgehead atoms. The van der Waals surface area contributed by atoms with E-state index >= 15 is 0 Å². The Kier molecular flexibility index (Phi) is 7.04. The van der Waals surface area contributed by atoms with E-state index < -0.39 is 26.7 Å². The van der Waals surface area contributed by atoms with E-state index in [-0.39, 0.29) is 12.4 Å². The first-order valence-electron chi connectivity index (χ1n) is 5.65. The molecule has 0 radical (unpaired) electrons. The van der Waals surface area contributed by atoms with Crippen LogP contribution in [0.3, 0.4) is 0 Å². The Morgan fingerprint density at radius 1 is 1.26 bits per heavy atom. The summed E-state index contributed by atoms with van der Waals surface area (Å²) in [5.41, 5.74) is 6.96. The number of anilines is 1. The van der Waals surface area contributed by atoms with Crippen LogP contribution in [0.2, 0.25) is 0 Å². The molecule has 0 fully saturated rings. The van der Waals surface area contributed by atoms with Gasteiger partial charge in [-0.2, -0.15) is 0 Å². The van der Waals surface area contributed by atoms with E-state index in [9.17, 15) is 13.2 Å². The van der Waals surface area contributed by atoms with Crippen LogP contribution >= 0.6 is 12.4 Å². The fourth-order valence-electron chi connectivity index (χ4n) is 1.27. The van der Waals surface area contributed by atoms with Crippen molar-refractivity contribution >= 4 is 33.8 Å². The zero-order valence-corrected chi connectivity index (χ0v) is 12.6. The SMILES string of the molecule is CC(C)S(=O)(=O)CC(=O)Nc1ccc(CN)cc1.Cl. The number of hydrogen-bond donors (Lipinski definition) is 2. The fourth-order valence-corrected chi connectivity index (χ4v) is 2.04. The van der Waals surface area contributed by atoms with Crippen molar-refractivity contribution in [1.82, 2.24) is 0 Å². The van der Waals surface area contributed by atoms with Crippen molar-refractivity contribution in [2.24, 2.45) is 5.73 Å². The van der Waals surface area contributed by atoms with E-state index in [1.807, 2.05) is 0 Å². The predicted octanol–water partition coefficient (Wildman–Crippen LogP) is 1.33. The molecular weight excluding hydrogens is 288 g/mol. The maximum Gasteiger partial charge on any atom is 0.239 e. The number of hydrogen-bond acceptors (Lipinski definition) is 4. The second kappa shape index (κ2) is 7.47. The molecule has 0 aliphatic carbocycles. The van der Waals surface area contributed by atoms with Crippen LogP contribution in [0.25, 0.3) is 0 Å². The van der Waals surface area contributed by atoms with Gasteiger partial charge in [0.2, 0.25) is 5.91 Å². The number of nitrogens with one attached hydrogen (secondary N) is 1. The Hall–Kier alpha value is -1.11. The zero-order chi connectivity index (χ0) is 13.8. The number of benzene rings is 1. The summed E-state index contributed by atoms with van der Waals surface area (Å²) in [7, 11) is -3.36. The molecule has 0 saturated carbocycles.